The van der Waals surface area contributed by atoms with Crippen LogP contribution in [0, 0.1) is 0 Å². The van der Waals surface area contributed by atoms with Crippen molar-refractivity contribution in [2.45, 2.75) is 0 Å². The lowest BCUT2D eigenvalue weighted by molar-refractivity contribution is 0.107. The molecule has 6 heteroatoms. The van der Waals surface area contributed by atoms with Crippen molar-refractivity contribution >= 4 is 33.7 Å². The van der Waals surface area contributed by atoms with E-state index in [1.54, 1.807) is 0 Å². The first-order valence-corrected chi connectivity index (χ1v) is 4.14. The SMILES string of the molecule is O=C(Cl)c1cc(C(=O)Cl)c(O)cc1O. The quantitative estimate of drug-likeness (QED) is 0.767. The number of hydrogen-bond donors (Lipinski definition) is 2. The van der Waals surface area contributed by atoms with E-state index in [0.29, 0.717) is 0 Å². The molecule has 0 saturated carbocycles. The first-order valence-electron chi connectivity index (χ1n) is 3.39. The van der Waals surface area contributed by atoms with Gasteiger partial charge in [-0.2, -0.15) is 0 Å². The number of carbonyl (C=O) groups is 2. The van der Waals surface area contributed by atoms with Gasteiger partial charge < -0.3 is 10.2 Å². The van der Waals surface area contributed by atoms with Gasteiger partial charge in [-0.15, -0.1) is 0 Å². The van der Waals surface area contributed by atoms with Gasteiger partial charge in [0.1, 0.15) is 11.5 Å². The summed E-state index contributed by atoms with van der Waals surface area (Å²) >= 11 is 10.2. The second-order valence-corrected chi connectivity index (χ2v) is 3.12. The zero-order valence-corrected chi connectivity index (χ0v) is 8.13. The van der Waals surface area contributed by atoms with Gasteiger partial charge in [0.25, 0.3) is 10.5 Å². The molecule has 0 fully saturated rings. The molecular formula is C8H4Cl2O4. The van der Waals surface area contributed by atoms with E-state index in [0.717, 1.165) is 12.1 Å². The van der Waals surface area contributed by atoms with Crippen LogP contribution in [-0.4, -0.2) is 20.7 Å². The third-order valence-electron chi connectivity index (χ3n) is 1.54. The van der Waals surface area contributed by atoms with Gasteiger partial charge in [0, 0.05) is 6.07 Å². The van der Waals surface area contributed by atoms with Gasteiger partial charge in [-0.25, -0.2) is 0 Å². The van der Waals surface area contributed by atoms with Crippen LogP contribution in [0.15, 0.2) is 12.1 Å². The Balaban J connectivity index is 3.42. The predicted octanol–water partition coefficient (Wildman–Crippen LogP) is 1.86. The largest absolute Gasteiger partial charge is 0.507 e. The molecule has 0 amide bonds. The topological polar surface area (TPSA) is 74.6 Å². The molecule has 0 spiro atoms. The second kappa shape index (κ2) is 3.86. The van der Waals surface area contributed by atoms with Crippen LogP contribution in [-0.2, 0) is 0 Å². The summed E-state index contributed by atoms with van der Waals surface area (Å²) in [7, 11) is 0. The molecule has 74 valence electrons. The van der Waals surface area contributed by atoms with Gasteiger partial charge in [-0.3, -0.25) is 9.59 Å². The molecule has 1 rings (SSSR count). The Morgan fingerprint density at radius 2 is 1.29 bits per heavy atom. The molecule has 0 aliphatic heterocycles. The highest BCUT2D eigenvalue weighted by atomic mass is 35.5. The van der Waals surface area contributed by atoms with Crippen LogP contribution in [0.2, 0.25) is 0 Å². The highest BCUT2D eigenvalue weighted by Crippen LogP contribution is 2.29. The Kier molecular flexibility index (Phi) is 2.98. The van der Waals surface area contributed by atoms with Gasteiger partial charge in [0.2, 0.25) is 0 Å². The van der Waals surface area contributed by atoms with Crippen LogP contribution < -0.4 is 0 Å². The molecule has 0 heterocycles. The third kappa shape index (κ3) is 1.97. The number of phenols is 2. The normalized spacial score (nSPS) is 9.86. The standard InChI is InChI=1S/C8H4Cl2O4/c9-7(13)3-1-4(8(10)14)6(12)2-5(3)11/h1-2,11-12H. The lowest BCUT2D eigenvalue weighted by Crippen LogP contribution is -1.96. The Bertz CT molecular complexity index is 379. The van der Waals surface area contributed by atoms with Gasteiger partial charge in [0.15, 0.2) is 0 Å². The molecule has 0 radical (unpaired) electrons. The van der Waals surface area contributed by atoms with Crippen LogP contribution in [0.4, 0.5) is 0 Å². The number of hydrogen-bond acceptors (Lipinski definition) is 4. The lowest BCUT2D eigenvalue weighted by atomic mass is 10.1. The van der Waals surface area contributed by atoms with Gasteiger partial charge in [-0.1, -0.05) is 0 Å². The minimum absolute atomic E-state index is 0.284. The average molecular weight is 235 g/mol. The van der Waals surface area contributed by atoms with E-state index in [1.807, 2.05) is 0 Å². The van der Waals surface area contributed by atoms with E-state index >= 15 is 0 Å². The van der Waals surface area contributed by atoms with Crippen LogP contribution >= 0.6 is 23.2 Å². The summed E-state index contributed by atoms with van der Waals surface area (Å²) in [5.74, 6) is -1.02. The summed E-state index contributed by atoms with van der Waals surface area (Å²) in [6.07, 6.45) is 0. The molecule has 14 heavy (non-hydrogen) atoms. The average Bonchev–Trinajstić information content (AvgIpc) is 2.02. The summed E-state index contributed by atoms with van der Waals surface area (Å²) in [5, 5.41) is 16.4. The second-order valence-electron chi connectivity index (χ2n) is 2.43. The minimum Gasteiger partial charge on any atom is -0.507 e. The minimum atomic E-state index is -0.943. The number of halogens is 2. The molecule has 0 atom stereocenters. The van der Waals surface area contributed by atoms with E-state index < -0.39 is 22.0 Å². The van der Waals surface area contributed by atoms with Crippen molar-refractivity contribution in [2.24, 2.45) is 0 Å². The van der Waals surface area contributed by atoms with Gasteiger partial charge in [-0.05, 0) is 29.3 Å². The van der Waals surface area contributed by atoms with E-state index in [9.17, 15) is 9.59 Å². The van der Waals surface area contributed by atoms with Crippen molar-refractivity contribution in [1.29, 1.82) is 0 Å². The van der Waals surface area contributed by atoms with Crippen LogP contribution in [0.1, 0.15) is 20.7 Å². The zero-order chi connectivity index (χ0) is 10.9. The van der Waals surface area contributed by atoms with Crippen molar-refractivity contribution in [2.75, 3.05) is 0 Å². The summed E-state index contributed by atoms with van der Waals surface area (Å²) in [5.41, 5.74) is -0.568. The Morgan fingerprint density at radius 3 is 1.57 bits per heavy atom. The van der Waals surface area contributed by atoms with E-state index in [1.165, 1.54) is 0 Å². The Labute approximate surface area is 88.7 Å². The zero-order valence-electron chi connectivity index (χ0n) is 6.62. The van der Waals surface area contributed by atoms with Crippen molar-refractivity contribution in [3.05, 3.63) is 23.3 Å². The maximum atomic E-state index is 10.7. The van der Waals surface area contributed by atoms with Gasteiger partial charge >= 0.3 is 0 Å². The molecule has 0 bridgehead atoms. The summed E-state index contributed by atoms with van der Waals surface area (Å²) < 4.78 is 0. The molecule has 0 aromatic heterocycles. The smallest absolute Gasteiger partial charge is 0.256 e. The molecule has 0 unspecified atom stereocenters. The van der Waals surface area contributed by atoms with Crippen molar-refractivity contribution in [3.8, 4) is 11.5 Å². The fraction of sp³-hybridized carbons (Fsp3) is 0. The molecule has 4 nitrogen and oxygen atoms in total. The van der Waals surface area contributed by atoms with E-state index in [2.05, 4.69) is 0 Å². The molecular weight excluding hydrogens is 231 g/mol. The molecule has 0 aliphatic carbocycles. The summed E-state index contributed by atoms with van der Waals surface area (Å²) in [4.78, 5) is 21.4. The maximum absolute atomic E-state index is 10.7. The Hall–Kier alpha value is -1.26. The number of rotatable bonds is 2. The number of aromatic hydroxyl groups is 2. The fourth-order valence-electron chi connectivity index (χ4n) is 0.892. The summed E-state index contributed by atoms with van der Waals surface area (Å²) in [6.45, 7) is 0. The molecule has 2 N–H and O–H groups in total. The summed E-state index contributed by atoms with van der Waals surface area (Å²) in [6, 6.07) is 1.75. The molecule has 1 aromatic rings. The molecule has 1 aromatic carbocycles. The number of benzene rings is 1. The monoisotopic (exact) mass is 234 g/mol. The highest BCUT2D eigenvalue weighted by Gasteiger charge is 2.16. The third-order valence-corrected chi connectivity index (χ3v) is 1.94. The van der Waals surface area contributed by atoms with Crippen molar-refractivity contribution < 1.29 is 19.8 Å². The molecule has 0 saturated heterocycles. The Morgan fingerprint density at radius 1 is 0.929 bits per heavy atom. The van der Waals surface area contributed by atoms with Crippen LogP contribution in [0.25, 0.3) is 0 Å². The predicted molar refractivity (Wildman–Crippen MR) is 50.1 cm³/mol. The number of carbonyl (C=O) groups excluding carboxylic acids is 2. The molecule has 0 aliphatic rings. The fourth-order valence-corrected chi connectivity index (χ4v) is 1.19. The van der Waals surface area contributed by atoms with Crippen LogP contribution in [0.5, 0.6) is 11.5 Å². The first kappa shape index (κ1) is 10.8. The van der Waals surface area contributed by atoms with E-state index in [-0.39, 0.29) is 11.1 Å². The van der Waals surface area contributed by atoms with Gasteiger partial charge in [0.05, 0.1) is 11.1 Å². The lowest BCUT2D eigenvalue weighted by Gasteiger charge is -2.03. The van der Waals surface area contributed by atoms with E-state index in [4.69, 9.17) is 33.4 Å². The first-order chi connectivity index (χ1) is 6.43. The van der Waals surface area contributed by atoms with Crippen molar-refractivity contribution in [1.82, 2.24) is 0 Å². The van der Waals surface area contributed by atoms with Crippen LogP contribution in [0.3, 0.4) is 0 Å². The number of phenolic OH excluding ortho intramolecular Hbond substituents is 2. The van der Waals surface area contributed by atoms with Crippen molar-refractivity contribution in [3.63, 3.8) is 0 Å². The highest BCUT2D eigenvalue weighted by molar-refractivity contribution is 6.69. The maximum Gasteiger partial charge on any atom is 0.256 e.